The van der Waals surface area contributed by atoms with Crippen LogP contribution in [0.25, 0.3) is 0 Å². The maximum absolute atomic E-state index is 12.6. The molecule has 0 radical (unpaired) electrons. The van der Waals surface area contributed by atoms with E-state index in [2.05, 4.69) is 15.9 Å². The first-order valence-corrected chi connectivity index (χ1v) is 5.43. The maximum atomic E-state index is 12.6. The van der Waals surface area contributed by atoms with Gasteiger partial charge in [-0.25, -0.2) is 0 Å². The highest BCUT2D eigenvalue weighted by molar-refractivity contribution is 9.10. The van der Waals surface area contributed by atoms with E-state index in [1.807, 2.05) is 0 Å². The van der Waals surface area contributed by atoms with Crippen molar-refractivity contribution in [2.75, 3.05) is 0 Å². The molecule has 0 amide bonds. The van der Waals surface area contributed by atoms with Crippen LogP contribution in [-0.4, -0.2) is 0 Å². The second kappa shape index (κ2) is 4.68. The highest BCUT2D eigenvalue weighted by Crippen LogP contribution is 2.45. The molecule has 1 aromatic carbocycles. The minimum absolute atomic E-state index is 0.0491. The van der Waals surface area contributed by atoms with Crippen LogP contribution in [0.2, 0.25) is 0 Å². The molecule has 0 heterocycles. The van der Waals surface area contributed by atoms with Gasteiger partial charge in [-0.2, -0.15) is 26.3 Å². The van der Waals surface area contributed by atoms with Gasteiger partial charge in [-0.15, -0.1) is 11.6 Å². The fraction of sp³-hybridized carbons (Fsp3) is 0.333. The number of halogens is 8. The summed E-state index contributed by atoms with van der Waals surface area (Å²) in [7, 11) is 0. The summed E-state index contributed by atoms with van der Waals surface area (Å²) in [6.45, 7) is 0. The molecule has 0 fully saturated rings. The molecule has 0 N–H and O–H groups in total. The number of benzene rings is 1. The van der Waals surface area contributed by atoms with E-state index in [4.69, 9.17) is 11.6 Å². The first kappa shape index (κ1) is 14.6. The van der Waals surface area contributed by atoms with Crippen molar-refractivity contribution in [2.24, 2.45) is 0 Å². The summed E-state index contributed by atoms with van der Waals surface area (Å²) >= 11 is 7.86. The molecule has 0 aliphatic heterocycles. The molecule has 17 heavy (non-hydrogen) atoms. The van der Waals surface area contributed by atoms with Gasteiger partial charge in [-0.05, 0) is 27.6 Å². The van der Waals surface area contributed by atoms with E-state index in [0.29, 0.717) is 6.07 Å². The zero-order chi connectivity index (χ0) is 13.4. The van der Waals surface area contributed by atoms with Crippen molar-refractivity contribution in [1.82, 2.24) is 0 Å². The van der Waals surface area contributed by atoms with E-state index in [1.165, 1.54) is 0 Å². The van der Waals surface area contributed by atoms with Gasteiger partial charge in [0.15, 0.2) is 0 Å². The summed E-state index contributed by atoms with van der Waals surface area (Å²) < 4.78 is 74.4. The van der Waals surface area contributed by atoms with Crippen molar-refractivity contribution < 1.29 is 26.3 Å². The van der Waals surface area contributed by atoms with Crippen LogP contribution in [0.3, 0.4) is 0 Å². The third-order valence-corrected chi connectivity index (χ3v) is 3.15. The predicted octanol–water partition coefficient (Wildman–Crippen LogP) is 5.23. The van der Waals surface area contributed by atoms with Gasteiger partial charge in [0.1, 0.15) is 0 Å². The second-order valence-electron chi connectivity index (χ2n) is 3.09. The Kier molecular flexibility index (Phi) is 4.03. The molecule has 0 saturated carbocycles. The molecule has 0 aromatic heterocycles. The summed E-state index contributed by atoms with van der Waals surface area (Å²) in [5.74, 6) is -0.318. The SMILES string of the molecule is FC(F)(F)c1ccc(CCl)c(Br)c1C(F)(F)F. The zero-order valence-electron chi connectivity index (χ0n) is 7.89. The fourth-order valence-corrected chi connectivity index (χ4v) is 2.33. The summed E-state index contributed by atoms with van der Waals surface area (Å²) in [4.78, 5) is 0. The predicted molar refractivity (Wildman–Crippen MR) is 53.7 cm³/mol. The molecule has 96 valence electrons. The standard InChI is InChI=1S/C9H4BrClF6/c10-7-4(3-11)1-2-5(8(12,13)14)6(7)9(15,16)17/h1-2H,3H2. The lowest BCUT2D eigenvalue weighted by Gasteiger charge is -2.18. The summed E-state index contributed by atoms with van der Waals surface area (Å²) in [5, 5.41) is 0. The van der Waals surface area contributed by atoms with Crippen LogP contribution < -0.4 is 0 Å². The third kappa shape index (κ3) is 3.07. The Morgan fingerprint density at radius 2 is 1.53 bits per heavy atom. The van der Waals surface area contributed by atoms with Crippen LogP contribution in [0, 0.1) is 0 Å². The topological polar surface area (TPSA) is 0 Å². The maximum Gasteiger partial charge on any atom is 0.418 e. The minimum Gasteiger partial charge on any atom is -0.166 e. The Morgan fingerprint density at radius 3 is 1.88 bits per heavy atom. The minimum atomic E-state index is -5.11. The largest absolute Gasteiger partial charge is 0.418 e. The van der Waals surface area contributed by atoms with Crippen molar-refractivity contribution in [3.63, 3.8) is 0 Å². The summed E-state index contributed by atoms with van der Waals surface area (Å²) in [6, 6.07) is 1.29. The van der Waals surface area contributed by atoms with E-state index in [1.54, 1.807) is 0 Å². The van der Waals surface area contributed by atoms with Gasteiger partial charge in [-0.1, -0.05) is 6.07 Å². The molecule has 1 aromatic rings. The zero-order valence-corrected chi connectivity index (χ0v) is 10.2. The Morgan fingerprint density at radius 1 is 1.00 bits per heavy atom. The average molecular weight is 341 g/mol. The quantitative estimate of drug-likeness (QED) is 0.485. The van der Waals surface area contributed by atoms with E-state index in [9.17, 15) is 26.3 Å². The Labute approximate surface area is 106 Å². The number of rotatable bonds is 1. The molecule has 0 aliphatic carbocycles. The van der Waals surface area contributed by atoms with Crippen LogP contribution in [0.1, 0.15) is 16.7 Å². The molecule has 0 aliphatic rings. The van der Waals surface area contributed by atoms with Crippen LogP contribution in [0.4, 0.5) is 26.3 Å². The van der Waals surface area contributed by atoms with Gasteiger partial charge < -0.3 is 0 Å². The van der Waals surface area contributed by atoms with Crippen molar-refractivity contribution >= 4 is 27.5 Å². The first-order valence-electron chi connectivity index (χ1n) is 4.10. The summed E-state index contributed by atoms with van der Waals surface area (Å²) in [5.41, 5.74) is -3.53. The Balaban J connectivity index is 3.59. The van der Waals surface area contributed by atoms with Crippen LogP contribution >= 0.6 is 27.5 Å². The lowest BCUT2D eigenvalue weighted by molar-refractivity contribution is -0.162. The number of hydrogen-bond acceptors (Lipinski definition) is 0. The highest BCUT2D eigenvalue weighted by Gasteiger charge is 2.45. The second-order valence-corrected chi connectivity index (χ2v) is 4.15. The molecular weight excluding hydrogens is 337 g/mol. The van der Waals surface area contributed by atoms with E-state index >= 15 is 0 Å². The van der Waals surface area contributed by atoms with Crippen LogP contribution in [0.5, 0.6) is 0 Å². The van der Waals surface area contributed by atoms with E-state index in [0.717, 1.165) is 6.07 Å². The normalized spacial score (nSPS) is 12.9. The average Bonchev–Trinajstić information content (AvgIpc) is 2.13. The molecular formula is C9H4BrClF6. The van der Waals surface area contributed by atoms with E-state index in [-0.39, 0.29) is 11.4 Å². The van der Waals surface area contributed by atoms with Gasteiger partial charge in [-0.3, -0.25) is 0 Å². The molecule has 8 heteroatoms. The number of hydrogen-bond donors (Lipinski definition) is 0. The summed E-state index contributed by atoms with van der Waals surface area (Å²) in [6.07, 6.45) is -10.2. The lowest BCUT2D eigenvalue weighted by Crippen LogP contribution is -2.18. The smallest absolute Gasteiger partial charge is 0.166 e. The van der Waals surface area contributed by atoms with Gasteiger partial charge in [0, 0.05) is 10.4 Å². The van der Waals surface area contributed by atoms with Gasteiger partial charge >= 0.3 is 12.4 Å². The number of alkyl halides is 7. The molecule has 0 saturated heterocycles. The van der Waals surface area contributed by atoms with Gasteiger partial charge in [0.25, 0.3) is 0 Å². The molecule has 0 nitrogen and oxygen atoms in total. The lowest BCUT2D eigenvalue weighted by atomic mass is 10.0. The van der Waals surface area contributed by atoms with Crippen LogP contribution in [-0.2, 0) is 18.2 Å². The van der Waals surface area contributed by atoms with Crippen molar-refractivity contribution in [2.45, 2.75) is 18.2 Å². The Hall–Kier alpha value is -0.430. The third-order valence-electron chi connectivity index (χ3n) is 1.95. The monoisotopic (exact) mass is 340 g/mol. The van der Waals surface area contributed by atoms with E-state index < -0.39 is 28.0 Å². The van der Waals surface area contributed by atoms with Crippen LogP contribution in [0.15, 0.2) is 16.6 Å². The van der Waals surface area contributed by atoms with Gasteiger partial charge in [0.05, 0.1) is 11.1 Å². The Bertz CT molecular complexity index is 423. The first-order chi connectivity index (χ1) is 7.59. The highest BCUT2D eigenvalue weighted by atomic mass is 79.9. The molecule has 0 unspecified atom stereocenters. The molecule has 0 bridgehead atoms. The van der Waals surface area contributed by atoms with Crippen molar-refractivity contribution in [3.05, 3.63) is 33.3 Å². The van der Waals surface area contributed by atoms with Crippen molar-refractivity contribution in [3.8, 4) is 0 Å². The fourth-order valence-electron chi connectivity index (χ4n) is 1.24. The molecule has 1 rings (SSSR count). The van der Waals surface area contributed by atoms with Gasteiger partial charge in [0.2, 0.25) is 0 Å². The van der Waals surface area contributed by atoms with Crippen molar-refractivity contribution in [1.29, 1.82) is 0 Å². The molecule has 0 atom stereocenters. The molecule has 0 spiro atoms.